The number of aliphatic hydroxyl groups is 1. The van der Waals surface area contributed by atoms with E-state index in [-0.39, 0.29) is 38.6 Å². The molecule has 0 radical (unpaired) electrons. The van der Waals surface area contributed by atoms with Gasteiger partial charge in [0.15, 0.2) is 5.34 Å². The Bertz CT molecular complexity index is 1250. The van der Waals surface area contributed by atoms with Gasteiger partial charge in [0, 0.05) is 18.8 Å². The number of nitrogens with one attached hydrogen (secondary N) is 1. The van der Waals surface area contributed by atoms with E-state index in [1.54, 1.807) is 19.9 Å². The number of hydrogen-bond donors (Lipinski definition) is 3. The molecule has 1 unspecified atom stereocenters. The van der Waals surface area contributed by atoms with Crippen molar-refractivity contribution in [3.63, 3.8) is 0 Å². The zero-order valence-electron chi connectivity index (χ0n) is 21.3. The van der Waals surface area contributed by atoms with Crippen LogP contribution >= 0.6 is 7.60 Å². The summed E-state index contributed by atoms with van der Waals surface area (Å²) in [6.07, 6.45) is 3.37. The highest BCUT2D eigenvalue weighted by Crippen LogP contribution is 2.61. The molecule has 0 saturated heterocycles. The molecule has 10 heteroatoms. The Morgan fingerprint density at radius 2 is 1.63 bits per heavy atom. The lowest BCUT2D eigenvalue weighted by atomic mass is 9.98. The number of rotatable bonds is 11. The van der Waals surface area contributed by atoms with Gasteiger partial charge in [-0.05, 0) is 47.8 Å². The van der Waals surface area contributed by atoms with Crippen molar-refractivity contribution in [3.8, 4) is 11.1 Å². The molecule has 2 atom stereocenters. The van der Waals surface area contributed by atoms with Gasteiger partial charge in [-0.25, -0.2) is 9.59 Å². The average molecular weight is 542 g/mol. The number of aliphatic carboxylic acids is 1. The van der Waals surface area contributed by atoms with Gasteiger partial charge >= 0.3 is 19.7 Å². The Kier molecular flexibility index (Phi) is 8.53. The predicted octanol–water partition coefficient (Wildman–Crippen LogP) is 5.21. The summed E-state index contributed by atoms with van der Waals surface area (Å²) in [5, 5.41) is 21.2. The van der Waals surface area contributed by atoms with Crippen molar-refractivity contribution in [2.45, 2.75) is 44.0 Å². The third-order valence-corrected chi connectivity index (χ3v) is 9.15. The van der Waals surface area contributed by atoms with E-state index in [1.807, 2.05) is 48.5 Å². The maximum Gasteiger partial charge on any atom is 0.407 e. The number of carboxylic acid groups (broad SMARTS) is 1. The molecule has 9 nitrogen and oxygen atoms in total. The fourth-order valence-electron chi connectivity index (χ4n) is 4.83. The van der Waals surface area contributed by atoms with Crippen LogP contribution in [-0.2, 0) is 23.1 Å². The summed E-state index contributed by atoms with van der Waals surface area (Å²) in [6, 6.07) is 14.6. The molecule has 2 aliphatic rings. The highest BCUT2D eigenvalue weighted by Gasteiger charge is 2.48. The van der Waals surface area contributed by atoms with E-state index in [9.17, 15) is 24.4 Å². The van der Waals surface area contributed by atoms with Crippen LogP contribution in [0.2, 0.25) is 0 Å². The molecule has 4 rings (SSSR count). The molecule has 3 N–H and O–H groups in total. The Balaban J connectivity index is 1.38. The number of ether oxygens (including phenoxy) is 1. The maximum absolute atomic E-state index is 13.1. The normalized spacial score (nSPS) is 19.3. The van der Waals surface area contributed by atoms with Gasteiger partial charge in [0.1, 0.15) is 12.6 Å². The van der Waals surface area contributed by atoms with Gasteiger partial charge in [-0.1, -0.05) is 60.7 Å². The first-order chi connectivity index (χ1) is 18.2. The van der Waals surface area contributed by atoms with Crippen LogP contribution in [0.15, 0.2) is 72.3 Å². The second kappa shape index (κ2) is 11.7. The van der Waals surface area contributed by atoms with Crippen LogP contribution in [0.1, 0.15) is 43.7 Å². The Labute approximate surface area is 221 Å². The topological polar surface area (TPSA) is 131 Å². The number of alkyl carbamates (subject to hydrolysis) is 1. The van der Waals surface area contributed by atoms with Crippen molar-refractivity contribution < 1.29 is 38.2 Å². The van der Waals surface area contributed by atoms with E-state index in [0.29, 0.717) is 5.57 Å². The Hall–Kier alpha value is -3.23. The summed E-state index contributed by atoms with van der Waals surface area (Å²) in [5.41, 5.74) is 4.83. The standard InChI is InChI=1S/C28H32NO8P/c1-3-36-38(34,37-4-2)28(33)15-13-19(14-16-28)17-25(26(30)31)29-27(32)35-18-24-22-11-7-5-9-20(22)21-10-6-8-12-23(21)24/h5-15,24-25,33H,3-4,16-18H2,1-2H3,(H,29,32)(H,30,31)/t25-,28?/m0/s1. The molecule has 0 aliphatic heterocycles. The highest BCUT2D eigenvalue weighted by molar-refractivity contribution is 7.55. The van der Waals surface area contributed by atoms with Crippen LogP contribution in [0.25, 0.3) is 11.1 Å². The van der Waals surface area contributed by atoms with Crippen molar-refractivity contribution in [2.75, 3.05) is 19.8 Å². The molecule has 0 bridgehead atoms. The van der Waals surface area contributed by atoms with Crippen molar-refractivity contribution >= 4 is 19.7 Å². The number of benzene rings is 2. The fourth-order valence-corrected chi connectivity index (χ4v) is 6.60. The molecule has 2 aliphatic carbocycles. The quantitative estimate of drug-likeness (QED) is 0.331. The SMILES string of the molecule is CCOP(=O)(OCC)C1(O)C=CC(C[C@H](NC(=O)OCC2c3ccccc3-c3ccccc32)C(=O)O)=CC1. The van der Waals surface area contributed by atoms with E-state index in [1.165, 1.54) is 12.2 Å². The van der Waals surface area contributed by atoms with Gasteiger partial charge in [-0.3, -0.25) is 4.57 Å². The largest absolute Gasteiger partial charge is 0.480 e. The van der Waals surface area contributed by atoms with Crippen molar-refractivity contribution in [3.05, 3.63) is 83.5 Å². The molecule has 1 amide bonds. The van der Waals surface area contributed by atoms with Crippen LogP contribution < -0.4 is 5.32 Å². The van der Waals surface area contributed by atoms with Gasteiger partial charge in [-0.15, -0.1) is 0 Å². The second-order valence-corrected chi connectivity index (χ2v) is 11.4. The molecule has 0 aromatic heterocycles. The monoisotopic (exact) mass is 541 g/mol. The van der Waals surface area contributed by atoms with Crippen LogP contribution in [0.4, 0.5) is 4.79 Å². The molecule has 2 aromatic carbocycles. The molecule has 0 saturated carbocycles. The fraction of sp³-hybridized carbons (Fsp3) is 0.357. The minimum atomic E-state index is -3.86. The lowest BCUT2D eigenvalue weighted by Crippen LogP contribution is -2.42. The molecule has 202 valence electrons. The van der Waals surface area contributed by atoms with Crippen LogP contribution in [0.3, 0.4) is 0 Å². The number of hydrogen-bond acceptors (Lipinski definition) is 7. The van der Waals surface area contributed by atoms with Crippen molar-refractivity contribution in [1.29, 1.82) is 0 Å². The van der Waals surface area contributed by atoms with Gasteiger partial charge < -0.3 is 29.3 Å². The Morgan fingerprint density at radius 3 is 2.13 bits per heavy atom. The zero-order chi connectivity index (χ0) is 27.3. The van der Waals surface area contributed by atoms with Crippen LogP contribution in [0.5, 0.6) is 0 Å². The van der Waals surface area contributed by atoms with E-state index in [4.69, 9.17) is 13.8 Å². The number of amides is 1. The first kappa shape index (κ1) is 27.8. The predicted molar refractivity (Wildman–Crippen MR) is 142 cm³/mol. The molecule has 0 heterocycles. The highest BCUT2D eigenvalue weighted by atomic mass is 31.2. The van der Waals surface area contributed by atoms with E-state index >= 15 is 0 Å². The van der Waals surface area contributed by atoms with Gasteiger partial charge in [0.2, 0.25) is 0 Å². The van der Waals surface area contributed by atoms with E-state index in [2.05, 4.69) is 5.32 Å². The number of carboxylic acids is 1. The maximum atomic E-state index is 13.1. The molecular weight excluding hydrogens is 509 g/mol. The number of carbonyl (C=O) groups excluding carboxylic acids is 1. The third-order valence-electron chi connectivity index (χ3n) is 6.68. The van der Waals surface area contributed by atoms with E-state index < -0.39 is 31.0 Å². The average Bonchev–Trinajstić information content (AvgIpc) is 3.22. The molecule has 0 fully saturated rings. The number of allylic oxidation sites excluding steroid dienone is 1. The van der Waals surface area contributed by atoms with Crippen molar-refractivity contribution in [2.24, 2.45) is 0 Å². The number of fused-ring (bicyclic) bond motifs is 3. The lowest BCUT2D eigenvalue weighted by Gasteiger charge is -2.33. The summed E-state index contributed by atoms with van der Waals surface area (Å²) in [4.78, 5) is 24.5. The van der Waals surface area contributed by atoms with Crippen LogP contribution in [-0.4, -0.2) is 53.5 Å². The molecule has 2 aromatic rings. The van der Waals surface area contributed by atoms with Gasteiger partial charge in [0.05, 0.1) is 13.2 Å². The smallest absolute Gasteiger partial charge is 0.407 e. The Morgan fingerprint density at radius 1 is 1.05 bits per heavy atom. The first-order valence-electron chi connectivity index (χ1n) is 12.6. The minimum Gasteiger partial charge on any atom is -0.480 e. The summed E-state index contributed by atoms with van der Waals surface area (Å²) < 4.78 is 29.1. The lowest BCUT2D eigenvalue weighted by molar-refractivity contribution is -0.139. The van der Waals surface area contributed by atoms with Gasteiger partial charge in [-0.2, -0.15) is 0 Å². The van der Waals surface area contributed by atoms with E-state index in [0.717, 1.165) is 22.3 Å². The summed E-state index contributed by atoms with van der Waals surface area (Å²) in [7, 11) is -3.86. The van der Waals surface area contributed by atoms with Crippen molar-refractivity contribution in [1.82, 2.24) is 5.32 Å². The summed E-state index contributed by atoms with van der Waals surface area (Å²) in [6.45, 7) is 3.54. The number of carbonyl (C=O) groups is 2. The summed E-state index contributed by atoms with van der Waals surface area (Å²) in [5.74, 6) is -1.38. The third kappa shape index (κ3) is 5.61. The molecular formula is C28H32NO8P. The first-order valence-corrected chi connectivity index (χ1v) is 14.1. The molecule has 0 spiro atoms. The van der Waals surface area contributed by atoms with Gasteiger partial charge in [0.25, 0.3) is 0 Å². The second-order valence-electron chi connectivity index (χ2n) is 9.09. The van der Waals surface area contributed by atoms with Crippen LogP contribution in [0, 0.1) is 0 Å². The summed E-state index contributed by atoms with van der Waals surface area (Å²) >= 11 is 0. The molecule has 38 heavy (non-hydrogen) atoms. The minimum absolute atomic E-state index is 0.0559. The zero-order valence-corrected chi connectivity index (χ0v) is 22.2.